The van der Waals surface area contributed by atoms with E-state index in [1.54, 1.807) is 7.11 Å². The summed E-state index contributed by atoms with van der Waals surface area (Å²) in [5.41, 5.74) is -0.0405. The Morgan fingerprint density at radius 1 is 1.43 bits per heavy atom. The lowest BCUT2D eigenvalue weighted by Crippen LogP contribution is -2.39. The molecular formula is C14H21N3O4. The number of aliphatic hydroxyl groups excluding tert-OH is 1. The Morgan fingerprint density at radius 2 is 2.14 bits per heavy atom. The van der Waals surface area contributed by atoms with Gasteiger partial charge in [-0.25, -0.2) is 4.68 Å². The van der Waals surface area contributed by atoms with Gasteiger partial charge in [0.2, 0.25) is 0 Å². The molecule has 1 amide bonds. The molecule has 1 fully saturated rings. The number of amides is 1. The lowest BCUT2D eigenvalue weighted by Gasteiger charge is -2.26. The number of hydrogen-bond acceptors (Lipinski definition) is 5. The number of rotatable bonds is 5. The van der Waals surface area contributed by atoms with Crippen molar-refractivity contribution in [2.75, 3.05) is 13.7 Å². The van der Waals surface area contributed by atoms with Gasteiger partial charge in [0.1, 0.15) is 5.69 Å². The minimum atomic E-state index is -0.289. The molecule has 0 saturated heterocycles. The van der Waals surface area contributed by atoms with Crippen LogP contribution in [0.5, 0.6) is 0 Å². The van der Waals surface area contributed by atoms with Crippen LogP contribution in [-0.2, 0) is 11.3 Å². The van der Waals surface area contributed by atoms with Crippen LogP contribution >= 0.6 is 0 Å². The SMILES string of the molecule is COCCn1nc(C(=O)NC2CCC(O)CC2)ccc1=O. The van der Waals surface area contributed by atoms with Crippen LogP contribution in [0.15, 0.2) is 16.9 Å². The van der Waals surface area contributed by atoms with Gasteiger partial charge < -0.3 is 15.2 Å². The second-order valence-electron chi connectivity index (χ2n) is 5.25. The van der Waals surface area contributed by atoms with Crippen LogP contribution in [0.25, 0.3) is 0 Å². The Morgan fingerprint density at radius 3 is 2.81 bits per heavy atom. The van der Waals surface area contributed by atoms with Crippen LogP contribution in [0.4, 0.5) is 0 Å². The molecule has 1 aromatic rings. The highest BCUT2D eigenvalue weighted by molar-refractivity contribution is 5.92. The highest BCUT2D eigenvalue weighted by atomic mass is 16.5. The molecule has 1 saturated carbocycles. The number of nitrogens with zero attached hydrogens (tertiary/aromatic N) is 2. The highest BCUT2D eigenvalue weighted by Crippen LogP contribution is 2.18. The third-order valence-corrected chi connectivity index (χ3v) is 3.64. The number of aliphatic hydroxyl groups is 1. The first-order valence-corrected chi connectivity index (χ1v) is 7.16. The summed E-state index contributed by atoms with van der Waals surface area (Å²) in [4.78, 5) is 23.8. The third kappa shape index (κ3) is 4.37. The van der Waals surface area contributed by atoms with Gasteiger partial charge in [0.05, 0.1) is 19.3 Å². The molecule has 1 aliphatic rings. The van der Waals surface area contributed by atoms with E-state index in [0.717, 1.165) is 12.8 Å². The molecule has 1 heterocycles. The Bertz CT molecular complexity index is 535. The molecule has 0 radical (unpaired) electrons. The molecule has 7 nitrogen and oxygen atoms in total. The van der Waals surface area contributed by atoms with Crippen LogP contribution in [-0.4, -0.2) is 46.7 Å². The number of aromatic nitrogens is 2. The molecule has 2 rings (SSSR count). The predicted octanol–water partition coefficient (Wildman–Crippen LogP) is -0.0770. The number of carbonyl (C=O) groups is 1. The number of methoxy groups -OCH3 is 1. The molecule has 0 atom stereocenters. The van der Waals surface area contributed by atoms with Gasteiger partial charge in [-0.15, -0.1) is 0 Å². The minimum absolute atomic E-state index is 0.0575. The van der Waals surface area contributed by atoms with Crippen molar-refractivity contribution in [2.45, 2.75) is 44.4 Å². The summed E-state index contributed by atoms with van der Waals surface area (Å²) < 4.78 is 6.13. The van der Waals surface area contributed by atoms with Crippen LogP contribution in [0, 0.1) is 0 Å². The molecule has 0 aromatic carbocycles. The first-order valence-electron chi connectivity index (χ1n) is 7.16. The molecule has 21 heavy (non-hydrogen) atoms. The fraction of sp³-hybridized carbons (Fsp3) is 0.643. The first-order chi connectivity index (χ1) is 10.1. The summed E-state index contributed by atoms with van der Waals surface area (Å²) >= 11 is 0. The second-order valence-corrected chi connectivity index (χ2v) is 5.25. The first kappa shape index (κ1) is 15.7. The van der Waals surface area contributed by atoms with E-state index in [9.17, 15) is 14.7 Å². The van der Waals surface area contributed by atoms with Crippen molar-refractivity contribution >= 4 is 5.91 Å². The van der Waals surface area contributed by atoms with E-state index in [0.29, 0.717) is 26.0 Å². The molecule has 116 valence electrons. The van der Waals surface area contributed by atoms with Crippen LogP contribution < -0.4 is 10.9 Å². The molecule has 1 aliphatic carbocycles. The number of nitrogens with one attached hydrogen (secondary N) is 1. The molecule has 0 aliphatic heterocycles. The number of carbonyl (C=O) groups excluding carboxylic acids is 1. The number of hydrogen-bond donors (Lipinski definition) is 2. The molecule has 2 N–H and O–H groups in total. The predicted molar refractivity (Wildman–Crippen MR) is 76.1 cm³/mol. The summed E-state index contributed by atoms with van der Waals surface area (Å²) in [6, 6.07) is 2.82. The van der Waals surface area contributed by atoms with Gasteiger partial charge in [0.25, 0.3) is 11.5 Å². The lowest BCUT2D eigenvalue weighted by molar-refractivity contribution is 0.0860. The normalized spacial score (nSPS) is 22.0. The van der Waals surface area contributed by atoms with E-state index in [1.807, 2.05) is 0 Å². The zero-order valence-electron chi connectivity index (χ0n) is 12.1. The Balaban J connectivity index is 2.00. The zero-order chi connectivity index (χ0) is 15.2. The summed E-state index contributed by atoms with van der Waals surface area (Å²) in [6.45, 7) is 0.671. The summed E-state index contributed by atoms with van der Waals surface area (Å²) in [6.07, 6.45) is 2.66. The zero-order valence-corrected chi connectivity index (χ0v) is 12.1. The quantitative estimate of drug-likeness (QED) is 0.792. The van der Waals surface area contributed by atoms with E-state index in [-0.39, 0.29) is 29.3 Å². The number of ether oxygens (including phenoxy) is 1. The van der Waals surface area contributed by atoms with Crippen molar-refractivity contribution < 1.29 is 14.6 Å². The van der Waals surface area contributed by atoms with E-state index in [2.05, 4.69) is 10.4 Å². The van der Waals surface area contributed by atoms with Gasteiger partial charge in [-0.1, -0.05) is 0 Å². The largest absolute Gasteiger partial charge is 0.393 e. The molecule has 0 unspecified atom stereocenters. The summed E-state index contributed by atoms with van der Waals surface area (Å²) in [7, 11) is 1.54. The highest BCUT2D eigenvalue weighted by Gasteiger charge is 2.21. The monoisotopic (exact) mass is 295 g/mol. The Kier molecular flexibility index (Phi) is 5.46. The third-order valence-electron chi connectivity index (χ3n) is 3.64. The van der Waals surface area contributed by atoms with Gasteiger partial charge in [0.15, 0.2) is 0 Å². The summed E-state index contributed by atoms with van der Waals surface area (Å²) in [5, 5.41) is 16.4. The minimum Gasteiger partial charge on any atom is -0.393 e. The second kappa shape index (κ2) is 7.33. The fourth-order valence-corrected chi connectivity index (χ4v) is 2.39. The van der Waals surface area contributed by atoms with E-state index < -0.39 is 0 Å². The van der Waals surface area contributed by atoms with Gasteiger partial charge in [-0.05, 0) is 31.7 Å². The Labute approximate surface area is 122 Å². The molecule has 0 spiro atoms. The lowest BCUT2D eigenvalue weighted by atomic mass is 9.93. The van der Waals surface area contributed by atoms with Gasteiger partial charge in [0, 0.05) is 19.2 Å². The maximum atomic E-state index is 12.1. The molecule has 0 bridgehead atoms. The summed E-state index contributed by atoms with van der Waals surface area (Å²) in [5.74, 6) is -0.289. The van der Waals surface area contributed by atoms with Crippen LogP contribution in [0.2, 0.25) is 0 Å². The maximum Gasteiger partial charge on any atom is 0.271 e. The maximum absolute atomic E-state index is 12.1. The fourth-order valence-electron chi connectivity index (χ4n) is 2.39. The van der Waals surface area contributed by atoms with Crippen molar-refractivity contribution in [3.8, 4) is 0 Å². The topological polar surface area (TPSA) is 93.5 Å². The molecule has 1 aromatic heterocycles. The molecular weight excluding hydrogens is 274 g/mol. The standard InChI is InChI=1S/C14H21N3O4/c1-21-9-8-17-13(19)7-6-12(16-17)14(20)15-10-2-4-11(18)5-3-10/h6-7,10-11,18H,2-5,8-9H2,1H3,(H,15,20). The Hall–Kier alpha value is -1.73. The van der Waals surface area contributed by atoms with Crippen molar-refractivity contribution in [1.82, 2.24) is 15.1 Å². The van der Waals surface area contributed by atoms with E-state index in [4.69, 9.17) is 4.74 Å². The smallest absolute Gasteiger partial charge is 0.271 e. The van der Waals surface area contributed by atoms with Crippen molar-refractivity contribution in [3.05, 3.63) is 28.2 Å². The van der Waals surface area contributed by atoms with Crippen LogP contribution in [0.3, 0.4) is 0 Å². The van der Waals surface area contributed by atoms with Crippen LogP contribution in [0.1, 0.15) is 36.2 Å². The van der Waals surface area contributed by atoms with Gasteiger partial charge in [-0.2, -0.15) is 5.10 Å². The van der Waals surface area contributed by atoms with Crippen molar-refractivity contribution in [2.24, 2.45) is 0 Å². The van der Waals surface area contributed by atoms with Crippen molar-refractivity contribution in [1.29, 1.82) is 0 Å². The van der Waals surface area contributed by atoms with Gasteiger partial charge >= 0.3 is 0 Å². The van der Waals surface area contributed by atoms with Gasteiger partial charge in [-0.3, -0.25) is 9.59 Å². The van der Waals surface area contributed by atoms with E-state index >= 15 is 0 Å². The van der Waals surface area contributed by atoms with E-state index in [1.165, 1.54) is 16.8 Å². The molecule has 7 heteroatoms. The average molecular weight is 295 g/mol. The van der Waals surface area contributed by atoms with Crippen molar-refractivity contribution in [3.63, 3.8) is 0 Å². The average Bonchev–Trinajstić information content (AvgIpc) is 2.48.